The molecule has 328 valence electrons. The highest BCUT2D eigenvalue weighted by molar-refractivity contribution is 8.05. The molecule has 0 amide bonds. The molecule has 4 aliphatic carbocycles. The molecule has 0 spiro atoms. The summed E-state index contributed by atoms with van der Waals surface area (Å²) in [6.07, 6.45) is 37.6. The molecule has 0 fully saturated rings. The van der Waals surface area contributed by atoms with Gasteiger partial charge in [0.25, 0.3) is 0 Å². The average Bonchev–Trinajstić information content (AvgIpc) is 4.07. The van der Waals surface area contributed by atoms with Crippen LogP contribution in [-0.4, -0.2) is 16.8 Å². The topological polar surface area (TPSA) is 9.72 Å². The first-order valence-corrected chi connectivity index (χ1v) is 26.5. The van der Waals surface area contributed by atoms with E-state index in [1.165, 1.54) is 81.4 Å². The summed E-state index contributed by atoms with van der Waals surface area (Å²) in [5.41, 5.74) is 9.66. The summed E-state index contributed by atoms with van der Waals surface area (Å²) in [4.78, 5) is 9.73. The van der Waals surface area contributed by atoms with E-state index < -0.39 is 0 Å². The maximum absolute atomic E-state index is 2.83. The lowest BCUT2D eigenvalue weighted by atomic mass is 9.82. The van der Waals surface area contributed by atoms with Gasteiger partial charge in [-0.3, -0.25) is 4.90 Å². The van der Waals surface area contributed by atoms with Gasteiger partial charge >= 0.3 is 0 Å². The van der Waals surface area contributed by atoms with E-state index in [0.717, 1.165) is 32.1 Å². The number of nitrogens with zero attached hydrogens (tertiary/aromatic N) is 3. The molecule has 6 heteroatoms. The van der Waals surface area contributed by atoms with Gasteiger partial charge in [0.2, 0.25) is 0 Å². The van der Waals surface area contributed by atoms with Gasteiger partial charge in [-0.25, -0.2) is 0 Å². The van der Waals surface area contributed by atoms with Crippen LogP contribution in [-0.2, 0) is 0 Å². The minimum absolute atomic E-state index is 0.113. The number of thioether (sulfide) groups is 2. The Labute approximate surface area is 402 Å². The standard InChI is InChI=1S/C60H55N3S3/c1-40-39-54(42-23-7-3-8-24-42)55-48-33-17-18-34-49(48)57(64-55)62(44-27-11-5-12-28-44)58-52-37-21-22-38-53(52)60(66-58)63(45-29-13-6-14-30-45)59-51-36-20-19-35-50(51)56(65-59)61(43-25-9-4-10-26-43)41(2)47-32-16-15-31-46(40)47/h3,5-7,9,11-23,25,27-38,43,49,52,54,57-58H,4,8,10,24,26,39H2,1-2H3. The highest BCUT2D eigenvalue weighted by Crippen LogP contribution is 2.60. The van der Waals surface area contributed by atoms with E-state index in [9.17, 15) is 0 Å². The second-order valence-corrected chi connectivity index (χ2v) is 21.7. The molecule has 0 radical (unpaired) electrons. The zero-order chi connectivity index (χ0) is 44.1. The molecule has 0 saturated heterocycles. The third-order valence-corrected chi connectivity index (χ3v) is 18.7. The minimum atomic E-state index is 0.113. The molecule has 1 aromatic heterocycles. The van der Waals surface area contributed by atoms with Crippen LogP contribution in [0.5, 0.6) is 0 Å². The molecule has 0 N–H and O–H groups in total. The van der Waals surface area contributed by atoms with Gasteiger partial charge in [0.15, 0.2) is 0 Å². The first-order valence-electron chi connectivity index (χ1n) is 23.9. The van der Waals surface area contributed by atoms with Gasteiger partial charge < -0.3 is 9.80 Å². The number of fused-ring (bicyclic) bond motifs is 14. The molecule has 5 aromatic rings. The highest BCUT2D eigenvalue weighted by Gasteiger charge is 2.48. The zero-order valence-electron chi connectivity index (χ0n) is 37.7. The largest absolute Gasteiger partial charge is 0.345 e. The molecule has 7 aliphatic rings. The molecule has 3 aliphatic heterocycles. The van der Waals surface area contributed by atoms with E-state index in [0.29, 0.717) is 0 Å². The molecular weight excluding hydrogens is 859 g/mol. The van der Waals surface area contributed by atoms with Gasteiger partial charge in [0.05, 0.1) is 21.8 Å². The molecule has 6 unspecified atom stereocenters. The molecule has 3 nitrogen and oxygen atoms in total. The van der Waals surface area contributed by atoms with E-state index in [-0.39, 0.29) is 34.5 Å². The molecule has 4 aromatic carbocycles. The van der Waals surface area contributed by atoms with Gasteiger partial charge in [0.1, 0.15) is 10.0 Å². The van der Waals surface area contributed by atoms with E-state index in [4.69, 9.17) is 0 Å². The monoisotopic (exact) mass is 913 g/mol. The number of para-hydroxylation sites is 2. The van der Waals surface area contributed by atoms with Crippen LogP contribution in [0.4, 0.5) is 21.4 Å². The maximum atomic E-state index is 2.83. The Balaban J connectivity index is 1.17. The predicted octanol–water partition coefficient (Wildman–Crippen LogP) is 14.9. The van der Waals surface area contributed by atoms with Gasteiger partial charge in [-0.05, 0) is 97.9 Å². The number of hydrogen-bond acceptors (Lipinski definition) is 6. The fourth-order valence-corrected chi connectivity index (χ4v) is 16.4. The third kappa shape index (κ3) is 7.28. The third-order valence-electron chi connectivity index (χ3n) is 14.6. The van der Waals surface area contributed by atoms with E-state index >= 15 is 0 Å². The van der Waals surface area contributed by atoms with Crippen LogP contribution >= 0.6 is 34.9 Å². The lowest BCUT2D eigenvalue weighted by molar-refractivity contribution is 0.592. The maximum Gasteiger partial charge on any atom is 0.110 e. The number of anilines is 4. The SMILES string of the molecule is CC1=c2ccccc2=C(C)N(C2C=CCCC2)c2sc(c3ccccc23)N(c2ccccc2)C2=C3C=CC=CC3C(S2)N(c2ccccc2)C2SC(=C3C=CC=CC32)C(C2=CC=CCC2)C1. The predicted molar refractivity (Wildman–Crippen MR) is 287 cm³/mol. The van der Waals surface area contributed by atoms with Gasteiger partial charge in [-0.1, -0.05) is 198 Å². The van der Waals surface area contributed by atoms with Gasteiger partial charge in [-0.15, -0.1) is 11.8 Å². The van der Waals surface area contributed by atoms with Crippen LogP contribution in [0, 0.1) is 17.8 Å². The van der Waals surface area contributed by atoms with Crippen molar-refractivity contribution in [1.82, 2.24) is 0 Å². The van der Waals surface area contributed by atoms with Crippen LogP contribution in [0.15, 0.2) is 215 Å². The minimum Gasteiger partial charge on any atom is -0.345 e. The van der Waals surface area contributed by atoms with Crippen molar-refractivity contribution < 1.29 is 0 Å². The summed E-state index contributed by atoms with van der Waals surface area (Å²) >= 11 is 6.17. The fraction of sp³-hybridized carbons (Fsp3) is 0.233. The number of hydrogen-bond donors (Lipinski definition) is 0. The van der Waals surface area contributed by atoms with Crippen molar-refractivity contribution in [1.29, 1.82) is 0 Å². The smallest absolute Gasteiger partial charge is 0.110 e. The van der Waals surface area contributed by atoms with Crippen LogP contribution in [0.1, 0.15) is 52.4 Å². The van der Waals surface area contributed by atoms with Crippen LogP contribution in [0.3, 0.4) is 0 Å². The first kappa shape index (κ1) is 41.7. The van der Waals surface area contributed by atoms with Gasteiger partial charge in [-0.2, -0.15) is 0 Å². The molecule has 4 heterocycles. The normalized spacial score (nSPS) is 25.9. The highest BCUT2D eigenvalue weighted by atomic mass is 32.2. The Hall–Kier alpha value is -5.66. The van der Waals surface area contributed by atoms with Crippen molar-refractivity contribution >= 4 is 78.3 Å². The summed E-state index contributed by atoms with van der Waals surface area (Å²) in [7, 11) is 0. The molecule has 6 bridgehead atoms. The van der Waals surface area contributed by atoms with Crippen molar-refractivity contribution in [2.45, 2.75) is 69.2 Å². The zero-order valence-corrected chi connectivity index (χ0v) is 40.1. The van der Waals surface area contributed by atoms with Gasteiger partial charge in [0, 0.05) is 50.8 Å². The number of benzene rings is 4. The Morgan fingerprint density at radius 2 is 1.26 bits per heavy atom. The Bertz CT molecular complexity index is 3120. The second kappa shape index (κ2) is 17.9. The van der Waals surface area contributed by atoms with Crippen LogP contribution in [0.25, 0.3) is 22.0 Å². The number of allylic oxidation sites excluding steroid dienone is 12. The molecule has 6 atom stereocenters. The Morgan fingerprint density at radius 3 is 1.98 bits per heavy atom. The van der Waals surface area contributed by atoms with Crippen molar-refractivity contribution in [3.8, 4) is 0 Å². The van der Waals surface area contributed by atoms with Crippen molar-refractivity contribution in [3.63, 3.8) is 0 Å². The number of thiophene rings is 1. The van der Waals surface area contributed by atoms with E-state index in [2.05, 4.69) is 240 Å². The average molecular weight is 914 g/mol. The Morgan fingerprint density at radius 1 is 0.591 bits per heavy atom. The molecular formula is C60H55N3S3. The van der Waals surface area contributed by atoms with Crippen molar-refractivity contribution in [2.75, 3.05) is 14.7 Å². The molecule has 12 rings (SSSR count). The first-order chi connectivity index (χ1) is 32.6. The Kier molecular flexibility index (Phi) is 11.3. The van der Waals surface area contributed by atoms with Crippen LogP contribution < -0.4 is 25.1 Å². The van der Waals surface area contributed by atoms with Crippen molar-refractivity contribution in [3.05, 3.63) is 225 Å². The summed E-state index contributed by atoms with van der Waals surface area (Å²) in [6.45, 7) is 4.83. The molecule has 66 heavy (non-hydrogen) atoms. The quantitative estimate of drug-likeness (QED) is 0.166. The summed E-state index contributed by atoms with van der Waals surface area (Å²) in [5.74, 6) is 0.693. The van der Waals surface area contributed by atoms with E-state index in [1.54, 1.807) is 5.57 Å². The van der Waals surface area contributed by atoms with Crippen molar-refractivity contribution in [2.24, 2.45) is 17.8 Å². The summed E-state index contributed by atoms with van der Waals surface area (Å²) < 4.78 is 0. The second-order valence-electron chi connectivity index (χ2n) is 18.5. The molecule has 0 saturated carbocycles. The lowest BCUT2D eigenvalue weighted by Crippen LogP contribution is -2.45. The summed E-state index contributed by atoms with van der Waals surface area (Å²) in [6, 6.07) is 41.3. The van der Waals surface area contributed by atoms with Crippen LogP contribution in [0.2, 0.25) is 0 Å². The summed E-state index contributed by atoms with van der Waals surface area (Å²) in [5, 5.41) is 9.46. The van der Waals surface area contributed by atoms with E-state index in [1.807, 2.05) is 11.3 Å². The lowest BCUT2D eigenvalue weighted by Gasteiger charge is -2.41. The fourth-order valence-electron chi connectivity index (χ4n) is 11.5. The number of rotatable bonds is 4.